The lowest BCUT2D eigenvalue weighted by atomic mass is 10.2. The van der Waals surface area contributed by atoms with Crippen LogP contribution in [-0.2, 0) is 0 Å². The van der Waals surface area contributed by atoms with Crippen LogP contribution >= 0.6 is 27.3 Å². The second kappa shape index (κ2) is 5.54. The highest BCUT2D eigenvalue weighted by atomic mass is 79.9. The van der Waals surface area contributed by atoms with E-state index in [0.29, 0.717) is 6.04 Å². The second-order valence-electron chi connectivity index (χ2n) is 5.50. The Balaban J connectivity index is 1.65. The molecule has 3 heterocycles. The molecular formula is C14H19BrN2OS. The Bertz CT molecular complexity index is 462. The Morgan fingerprint density at radius 3 is 2.74 bits per heavy atom. The Hall–Kier alpha value is -0.390. The zero-order valence-corrected chi connectivity index (χ0v) is 13.6. The monoisotopic (exact) mass is 342 g/mol. The van der Waals surface area contributed by atoms with Gasteiger partial charge in [0.05, 0.1) is 8.66 Å². The maximum Gasteiger partial charge on any atom is 0.264 e. The molecule has 1 aromatic heterocycles. The van der Waals surface area contributed by atoms with E-state index in [4.69, 9.17) is 0 Å². The predicted molar refractivity (Wildman–Crippen MR) is 81.9 cm³/mol. The SMILES string of the molecule is Cc1cc(C(=O)N2CCC(N3CCCC3)C2)sc1Br. The largest absolute Gasteiger partial charge is 0.336 e. The smallest absolute Gasteiger partial charge is 0.264 e. The minimum Gasteiger partial charge on any atom is -0.336 e. The molecule has 0 aliphatic carbocycles. The van der Waals surface area contributed by atoms with E-state index in [1.807, 2.05) is 17.9 Å². The lowest BCUT2D eigenvalue weighted by molar-refractivity contribution is 0.0785. The fourth-order valence-corrected chi connectivity index (χ4v) is 4.55. The molecule has 0 aromatic carbocycles. The minimum atomic E-state index is 0.209. The molecule has 2 fully saturated rings. The Labute approximate surface area is 126 Å². The number of amides is 1. The van der Waals surface area contributed by atoms with Gasteiger partial charge in [0.2, 0.25) is 0 Å². The number of carbonyl (C=O) groups excluding carboxylic acids is 1. The molecule has 19 heavy (non-hydrogen) atoms. The highest BCUT2D eigenvalue weighted by Crippen LogP contribution is 2.29. The first kappa shape index (κ1) is 13.6. The van der Waals surface area contributed by atoms with Crippen molar-refractivity contribution >= 4 is 33.2 Å². The van der Waals surface area contributed by atoms with Crippen molar-refractivity contribution in [3.05, 3.63) is 20.3 Å². The number of halogens is 1. The van der Waals surface area contributed by atoms with Gasteiger partial charge in [-0.3, -0.25) is 9.69 Å². The van der Waals surface area contributed by atoms with Gasteiger partial charge in [0, 0.05) is 19.1 Å². The van der Waals surface area contributed by atoms with Gasteiger partial charge in [-0.05, 0) is 66.8 Å². The molecule has 3 nitrogen and oxygen atoms in total. The van der Waals surface area contributed by atoms with E-state index in [9.17, 15) is 4.79 Å². The van der Waals surface area contributed by atoms with E-state index in [-0.39, 0.29) is 5.91 Å². The van der Waals surface area contributed by atoms with Gasteiger partial charge in [0.15, 0.2) is 0 Å². The first-order valence-electron chi connectivity index (χ1n) is 6.94. The third-order valence-electron chi connectivity index (χ3n) is 4.18. The van der Waals surface area contributed by atoms with Crippen LogP contribution in [0.2, 0.25) is 0 Å². The van der Waals surface area contributed by atoms with Crippen molar-refractivity contribution in [1.29, 1.82) is 0 Å². The number of thiophene rings is 1. The van der Waals surface area contributed by atoms with Crippen molar-refractivity contribution in [1.82, 2.24) is 9.80 Å². The first-order chi connectivity index (χ1) is 9.15. The molecule has 1 aromatic rings. The van der Waals surface area contributed by atoms with Gasteiger partial charge in [0.1, 0.15) is 0 Å². The van der Waals surface area contributed by atoms with Crippen LogP contribution in [0.5, 0.6) is 0 Å². The molecule has 1 atom stereocenters. The molecule has 1 amide bonds. The third-order valence-corrected chi connectivity index (χ3v) is 6.30. The number of hydrogen-bond acceptors (Lipinski definition) is 3. The molecule has 0 spiro atoms. The highest BCUT2D eigenvalue weighted by molar-refractivity contribution is 9.11. The molecule has 2 aliphatic heterocycles. The first-order valence-corrected chi connectivity index (χ1v) is 8.55. The molecule has 3 rings (SSSR count). The molecule has 2 aliphatic rings. The summed E-state index contributed by atoms with van der Waals surface area (Å²) >= 11 is 5.05. The molecular weight excluding hydrogens is 324 g/mol. The van der Waals surface area contributed by atoms with Gasteiger partial charge in [-0.2, -0.15) is 0 Å². The molecule has 5 heteroatoms. The van der Waals surface area contributed by atoms with Crippen LogP contribution in [0.3, 0.4) is 0 Å². The predicted octanol–water partition coefficient (Wildman–Crippen LogP) is 3.13. The van der Waals surface area contributed by atoms with E-state index in [1.54, 1.807) is 11.3 Å². The molecule has 2 saturated heterocycles. The van der Waals surface area contributed by atoms with Crippen LogP contribution < -0.4 is 0 Å². The maximum atomic E-state index is 12.5. The van der Waals surface area contributed by atoms with E-state index >= 15 is 0 Å². The lowest BCUT2D eigenvalue weighted by Crippen LogP contribution is -2.36. The van der Waals surface area contributed by atoms with E-state index in [0.717, 1.165) is 33.7 Å². The second-order valence-corrected chi connectivity index (χ2v) is 7.87. The van der Waals surface area contributed by atoms with Gasteiger partial charge < -0.3 is 4.90 Å². The summed E-state index contributed by atoms with van der Waals surface area (Å²) in [7, 11) is 0. The Kier molecular flexibility index (Phi) is 3.96. The average molecular weight is 343 g/mol. The molecule has 0 N–H and O–H groups in total. The lowest BCUT2D eigenvalue weighted by Gasteiger charge is -2.23. The highest BCUT2D eigenvalue weighted by Gasteiger charge is 2.32. The molecule has 0 saturated carbocycles. The Morgan fingerprint density at radius 1 is 1.37 bits per heavy atom. The van der Waals surface area contributed by atoms with Crippen LogP contribution in [0.15, 0.2) is 9.85 Å². The van der Waals surface area contributed by atoms with Gasteiger partial charge in [0.25, 0.3) is 5.91 Å². The minimum absolute atomic E-state index is 0.209. The fraction of sp³-hybridized carbons (Fsp3) is 0.643. The summed E-state index contributed by atoms with van der Waals surface area (Å²) < 4.78 is 1.08. The standard InChI is InChI=1S/C14H19BrN2OS/c1-10-8-12(19-13(10)15)14(18)17-7-4-11(9-17)16-5-2-3-6-16/h8,11H,2-7,9H2,1H3. The third kappa shape index (κ3) is 2.73. The van der Waals surface area contributed by atoms with Crippen molar-refractivity contribution in [2.24, 2.45) is 0 Å². The van der Waals surface area contributed by atoms with Crippen molar-refractivity contribution in [3.8, 4) is 0 Å². The number of hydrogen-bond donors (Lipinski definition) is 0. The summed E-state index contributed by atoms with van der Waals surface area (Å²) in [5.74, 6) is 0.209. The number of aryl methyl sites for hydroxylation is 1. The van der Waals surface area contributed by atoms with Crippen molar-refractivity contribution < 1.29 is 4.79 Å². The average Bonchev–Trinajstić information content (AvgIpc) is 3.09. The zero-order chi connectivity index (χ0) is 13.4. The van der Waals surface area contributed by atoms with Crippen LogP contribution in [0, 0.1) is 6.92 Å². The number of likely N-dealkylation sites (tertiary alicyclic amines) is 2. The van der Waals surface area contributed by atoms with Gasteiger partial charge in [-0.1, -0.05) is 0 Å². The van der Waals surface area contributed by atoms with Crippen molar-refractivity contribution in [2.75, 3.05) is 26.2 Å². The van der Waals surface area contributed by atoms with Crippen LogP contribution in [-0.4, -0.2) is 47.9 Å². The summed E-state index contributed by atoms with van der Waals surface area (Å²) in [6.45, 7) is 6.29. The number of rotatable bonds is 2. The van der Waals surface area contributed by atoms with E-state index in [1.165, 1.54) is 25.9 Å². The Morgan fingerprint density at radius 2 is 2.11 bits per heavy atom. The molecule has 1 unspecified atom stereocenters. The molecule has 0 radical (unpaired) electrons. The van der Waals surface area contributed by atoms with Gasteiger partial charge in [-0.15, -0.1) is 11.3 Å². The summed E-state index contributed by atoms with van der Waals surface area (Å²) in [6, 6.07) is 2.59. The molecule has 104 valence electrons. The quantitative estimate of drug-likeness (QED) is 0.824. The van der Waals surface area contributed by atoms with Crippen LogP contribution in [0.4, 0.5) is 0 Å². The summed E-state index contributed by atoms with van der Waals surface area (Å²) in [5, 5.41) is 0. The summed E-state index contributed by atoms with van der Waals surface area (Å²) in [4.78, 5) is 17.9. The summed E-state index contributed by atoms with van der Waals surface area (Å²) in [6.07, 6.45) is 3.78. The topological polar surface area (TPSA) is 23.6 Å². The zero-order valence-electron chi connectivity index (χ0n) is 11.2. The maximum absolute atomic E-state index is 12.5. The van der Waals surface area contributed by atoms with Crippen LogP contribution in [0.25, 0.3) is 0 Å². The van der Waals surface area contributed by atoms with Crippen molar-refractivity contribution in [2.45, 2.75) is 32.2 Å². The van der Waals surface area contributed by atoms with E-state index < -0.39 is 0 Å². The van der Waals surface area contributed by atoms with Gasteiger partial charge in [-0.25, -0.2) is 0 Å². The van der Waals surface area contributed by atoms with Gasteiger partial charge >= 0.3 is 0 Å². The molecule has 0 bridgehead atoms. The number of nitrogens with zero attached hydrogens (tertiary/aromatic N) is 2. The fourth-order valence-electron chi connectivity index (χ4n) is 3.05. The number of carbonyl (C=O) groups is 1. The van der Waals surface area contributed by atoms with Crippen LogP contribution in [0.1, 0.15) is 34.5 Å². The summed E-state index contributed by atoms with van der Waals surface area (Å²) in [5.41, 5.74) is 1.16. The van der Waals surface area contributed by atoms with E-state index in [2.05, 4.69) is 20.8 Å². The van der Waals surface area contributed by atoms with Crippen molar-refractivity contribution in [3.63, 3.8) is 0 Å². The normalized spacial score (nSPS) is 24.3.